The summed E-state index contributed by atoms with van der Waals surface area (Å²) in [6.45, 7) is 0. The van der Waals surface area contributed by atoms with E-state index >= 15 is 0 Å². The number of hydrogen-bond donors (Lipinski definition) is 1. The highest BCUT2D eigenvalue weighted by atomic mass is 32.2. The second kappa shape index (κ2) is 7.08. The van der Waals surface area contributed by atoms with Crippen molar-refractivity contribution in [2.45, 2.75) is 17.5 Å². The van der Waals surface area contributed by atoms with Gasteiger partial charge in [-0.25, -0.2) is 0 Å². The lowest BCUT2D eigenvalue weighted by atomic mass is 9.69. The van der Waals surface area contributed by atoms with Crippen molar-refractivity contribution in [2.24, 2.45) is 5.92 Å². The van der Waals surface area contributed by atoms with Gasteiger partial charge in [0, 0.05) is 40.4 Å². The Labute approximate surface area is 185 Å². The highest BCUT2D eigenvalue weighted by Gasteiger charge is 2.69. The number of anilines is 1. The van der Waals surface area contributed by atoms with Gasteiger partial charge in [0.2, 0.25) is 5.91 Å². The number of carbonyl (C=O) groups excluding carboxylic acids is 2. The van der Waals surface area contributed by atoms with Crippen molar-refractivity contribution < 1.29 is 9.59 Å². The van der Waals surface area contributed by atoms with Gasteiger partial charge in [0.05, 0.1) is 5.92 Å². The lowest BCUT2D eigenvalue weighted by Crippen LogP contribution is -2.52. The van der Waals surface area contributed by atoms with Crippen LogP contribution in [0.1, 0.15) is 27.4 Å². The third kappa shape index (κ3) is 2.54. The Morgan fingerprint density at radius 3 is 2.39 bits per heavy atom. The van der Waals surface area contributed by atoms with E-state index < -0.39 is 11.5 Å². The Kier molecular flexibility index (Phi) is 4.30. The van der Waals surface area contributed by atoms with Crippen molar-refractivity contribution in [1.29, 1.82) is 0 Å². The number of thioether (sulfide) groups is 1. The third-order valence-corrected chi connectivity index (χ3v) is 8.09. The van der Waals surface area contributed by atoms with Crippen LogP contribution < -0.4 is 5.32 Å². The second-order valence-electron chi connectivity index (χ2n) is 8.45. The van der Waals surface area contributed by atoms with Crippen LogP contribution in [0, 0.1) is 5.92 Å². The molecule has 3 aromatic rings. The van der Waals surface area contributed by atoms with Gasteiger partial charge in [-0.15, -0.1) is 11.8 Å². The Balaban J connectivity index is 1.62. The van der Waals surface area contributed by atoms with Crippen LogP contribution in [0.3, 0.4) is 0 Å². The van der Waals surface area contributed by atoms with E-state index in [9.17, 15) is 9.59 Å². The second-order valence-corrected chi connectivity index (χ2v) is 9.45. The molecule has 3 heterocycles. The molecule has 0 radical (unpaired) electrons. The van der Waals surface area contributed by atoms with Crippen molar-refractivity contribution in [3.63, 3.8) is 0 Å². The number of nitrogens with zero attached hydrogens (tertiary/aromatic N) is 1. The molecule has 0 aromatic heterocycles. The molecular formula is C26H22N2O2S. The number of carbonyl (C=O) groups is 2. The standard InChI is InChI=1S/C26H22N2O2S/c29-24(18-11-5-2-6-12-18)23-22(17-9-3-1-4-10-17)21-15-31-16-28(21)26(23)19-13-7-8-14-20(19)27-25(26)30/h1-14,21-23H,15-16H2,(H,27,30)/t21-,22+,23-,26+/m0/s1. The van der Waals surface area contributed by atoms with E-state index in [1.807, 2.05) is 84.6 Å². The number of Topliss-reactive ketones (excluding diaryl/α,β-unsaturated/α-hetero) is 1. The zero-order valence-corrected chi connectivity index (χ0v) is 17.7. The zero-order valence-electron chi connectivity index (χ0n) is 16.9. The number of amides is 1. The molecule has 0 saturated carbocycles. The normalized spacial score (nSPS) is 29.0. The highest BCUT2D eigenvalue weighted by Crippen LogP contribution is 2.61. The molecule has 1 N–H and O–H groups in total. The number of ketones is 1. The van der Waals surface area contributed by atoms with Crippen LogP contribution in [0.5, 0.6) is 0 Å². The van der Waals surface area contributed by atoms with Crippen LogP contribution in [-0.4, -0.2) is 34.3 Å². The molecule has 2 saturated heterocycles. The topological polar surface area (TPSA) is 49.4 Å². The summed E-state index contributed by atoms with van der Waals surface area (Å²) < 4.78 is 0. The van der Waals surface area contributed by atoms with Gasteiger partial charge in [-0.05, 0) is 11.6 Å². The van der Waals surface area contributed by atoms with E-state index in [4.69, 9.17) is 0 Å². The first-order chi connectivity index (χ1) is 15.2. The SMILES string of the molecule is O=C(c1ccccc1)[C@@H]1[C@H](c2ccccc2)[C@@H]2CSCN2[C@@]12C(=O)Nc1ccccc12. The van der Waals surface area contributed by atoms with E-state index in [0.717, 1.165) is 28.4 Å². The van der Waals surface area contributed by atoms with Gasteiger partial charge in [0.15, 0.2) is 5.78 Å². The monoisotopic (exact) mass is 426 g/mol. The first-order valence-corrected chi connectivity index (χ1v) is 11.8. The van der Waals surface area contributed by atoms with E-state index in [1.165, 1.54) is 0 Å². The zero-order chi connectivity index (χ0) is 21.0. The lowest BCUT2D eigenvalue weighted by Gasteiger charge is -2.36. The average molecular weight is 427 g/mol. The molecule has 0 bridgehead atoms. The number of nitrogens with one attached hydrogen (secondary N) is 1. The first-order valence-electron chi connectivity index (χ1n) is 10.6. The Morgan fingerprint density at radius 1 is 0.935 bits per heavy atom. The van der Waals surface area contributed by atoms with E-state index in [1.54, 1.807) is 0 Å². The van der Waals surface area contributed by atoms with E-state index in [-0.39, 0.29) is 23.7 Å². The molecule has 0 aliphatic carbocycles. The molecule has 3 aliphatic heterocycles. The molecule has 154 valence electrons. The van der Waals surface area contributed by atoms with E-state index in [0.29, 0.717) is 5.56 Å². The molecule has 31 heavy (non-hydrogen) atoms. The highest BCUT2D eigenvalue weighted by molar-refractivity contribution is 7.99. The summed E-state index contributed by atoms with van der Waals surface area (Å²) in [5.74, 6) is 1.08. The largest absolute Gasteiger partial charge is 0.324 e. The van der Waals surface area contributed by atoms with Gasteiger partial charge < -0.3 is 5.32 Å². The summed E-state index contributed by atoms with van der Waals surface area (Å²) in [7, 11) is 0. The van der Waals surface area contributed by atoms with Crippen LogP contribution in [-0.2, 0) is 10.3 Å². The maximum absolute atomic E-state index is 14.2. The maximum Gasteiger partial charge on any atom is 0.250 e. The van der Waals surface area contributed by atoms with Crippen molar-refractivity contribution in [1.82, 2.24) is 4.90 Å². The average Bonchev–Trinajstić information content (AvgIpc) is 3.48. The minimum atomic E-state index is -0.988. The molecule has 4 nitrogen and oxygen atoms in total. The summed E-state index contributed by atoms with van der Waals surface area (Å²) >= 11 is 1.85. The van der Waals surface area contributed by atoms with Crippen molar-refractivity contribution in [3.05, 3.63) is 102 Å². The number of benzene rings is 3. The van der Waals surface area contributed by atoms with Crippen LogP contribution >= 0.6 is 11.8 Å². The fourth-order valence-corrected chi connectivity index (χ4v) is 7.19. The number of hydrogen-bond acceptors (Lipinski definition) is 4. The first kappa shape index (κ1) is 18.8. The molecule has 2 fully saturated rings. The van der Waals surface area contributed by atoms with Crippen molar-refractivity contribution in [3.8, 4) is 0 Å². The van der Waals surface area contributed by atoms with Gasteiger partial charge in [0.1, 0.15) is 5.54 Å². The Bertz CT molecular complexity index is 1170. The predicted octanol–water partition coefficient (Wildman–Crippen LogP) is 4.51. The van der Waals surface area contributed by atoms with Gasteiger partial charge in [-0.1, -0.05) is 78.9 Å². The number of fused-ring (bicyclic) bond motifs is 4. The summed E-state index contributed by atoms with van der Waals surface area (Å²) in [4.78, 5) is 30.3. The van der Waals surface area contributed by atoms with Crippen LogP contribution in [0.2, 0.25) is 0 Å². The van der Waals surface area contributed by atoms with Gasteiger partial charge >= 0.3 is 0 Å². The minimum Gasteiger partial charge on any atom is -0.324 e. The summed E-state index contributed by atoms with van der Waals surface area (Å²) in [6, 6.07) is 27.7. The summed E-state index contributed by atoms with van der Waals surface area (Å²) in [5, 5.41) is 3.11. The molecule has 4 atom stereocenters. The van der Waals surface area contributed by atoms with Gasteiger partial charge in [-0.3, -0.25) is 14.5 Å². The lowest BCUT2D eigenvalue weighted by molar-refractivity contribution is -0.127. The van der Waals surface area contributed by atoms with Gasteiger partial charge in [0.25, 0.3) is 0 Å². The third-order valence-electron chi connectivity index (χ3n) is 7.05. The van der Waals surface area contributed by atoms with Crippen LogP contribution in [0.15, 0.2) is 84.9 Å². The smallest absolute Gasteiger partial charge is 0.250 e. The molecule has 5 heteroatoms. The van der Waals surface area contributed by atoms with Crippen LogP contribution in [0.25, 0.3) is 0 Å². The summed E-state index contributed by atoms with van der Waals surface area (Å²) in [5.41, 5.74) is 2.56. The molecule has 1 amide bonds. The fraction of sp³-hybridized carbons (Fsp3) is 0.231. The minimum absolute atomic E-state index is 0.0423. The Morgan fingerprint density at radius 2 is 1.61 bits per heavy atom. The molecule has 0 unspecified atom stereocenters. The molecular weight excluding hydrogens is 404 g/mol. The van der Waals surface area contributed by atoms with Crippen LogP contribution in [0.4, 0.5) is 5.69 Å². The van der Waals surface area contributed by atoms with Crippen molar-refractivity contribution >= 4 is 29.1 Å². The number of rotatable bonds is 3. The molecule has 3 aliphatic rings. The molecule has 6 rings (SSSR count). The van der Waals surface area contributed by atoms with E-state index in [2.05, 4.69) is 22.3 Å². The number of para-hydroxylation sites is 1. The Hall–Kier alpha value is -2.89. The predicted molar refractivity (Wildman–Crippen MR) is 123 cm³/mol. The molecule has 3 aromatic carbocycles. The fourth-order valence-electron chi connectivity index (χ4n) is 5.86. The van der Waals surface area contributed by atoms with Crippen molar-refractivity contribution in [2.75, 3.05) is 16.9 Å². The molecule has 1 spiro atoms. The quantitative estimate of drug-likeness (QED) is 0.627. The van der Waals surface area contributed by atoms with Gasteiger partial charge in [-0.2, -0.15) is 0 Å². The summed E-state index contributed by atoms with van der Waals surface area (Å²) in [6.07, 6.45) is 0. The maximum atomic E-state index is 14.2.